The largest absolute Gasteiger partial charge is 0.508 e. The van der Waals surface area contributed by atoms with E-state index in [1.807, 2.05) is 0 Å². The van der Waals surface area contributed by atoms with Crippen LogP contribution in [0, 0.1) is 0 Å². The molecule has 4 atom stereocenters. The van der Waals surface area contributed by atoms with E-state index in [-0.39, 0.29) is 29.4 Å². The third kappa shape index (κ3) is 3.10. The van der Waals surface area contributed by atoms with Gasteiger partial charge in [0, 0.05) is 12.1 Å². The van der Waals surface area contributed by atoms with Crippen LogP contribution >= 0.6 is 0 Å². The number of aromatic nitrogens is 4. The minimum Gasteiger partial charge on any atom is -0.508 e. The average molecular weight is 389 g/mol. The molecule has 0 aliphatic carbocycles. The molecule has 1 aliphatic heterocycles. The first-order valence-electron chi connectivity index (χ1n) is 8.59. The molecule has 0 spiro atoms. The summed E-state index contributed by atoms with van der Waals surface area (Å²) in [6, 6.07) is 6.74. The lowest BCUT2D eigenvalue weighted by Crippen LogP contribution is -2.33. The van der Waals surface area contributed by atoms with Crippen molar-refractivity contribution in [2.45, 2.75) is 31.1 Å². The number of hydrogen-bond acceptors (Lipinski definition) is 9. The molecule has 2 aromatic heterocycles. The zero-order valence-electron chi connectivity index (χ0n) is 14.6. The van der Waals surface area contributed by atoms with Gasteiger partial charge >= 0.3 is 0 Å². The molecule has 1 aromatic carbocycles. The van der Waals surface area contributed by atoms with Crippen LogP contribution in [0.1, 0.15) is 11.8 Å². The predicted molar refractivity (Wildman–Crippen MR) is 96.6 cm³/mol. The summed E-state index contributed by atoms with van der Waals surface area (Å²) in [7, 11) is 0. The molecule has 3 aromatic rings. The number of aliphatic hydroxyl groups is 3. The summed E-state index contributed by atoms with van der Waals surface area (Å²) in [5, 5.41) is 42.2. The van der Waals surface area contributed by atoms with E-state index in [0.29, 0.717) is 5.56 Å². The van der Waals surface area contributed by atoms with Crippen LogP contribution in [0.25, 0.3) is 11.2 Å². The predicted octanol–water partition coefficient (Wildman–Crippen LogP) is -0.951. The molecular weight excluding hydrogens is 370 g/mol. The highest BCUT2D eigenvalue weighted by Crippen LogP contribution is 2.30. The Labute approximate surface area is 157 Å². The van der Waals surface area contributed by atoms with Crippen molar-refractivity contribution in [2.24, 2.45) is 0 Å². The number of aliphatic hydroxyl groups excluding tert-OH is 3. The number of benzene rings is 1. The Morgan fingerprint density at radius 2 is 2.04 bits per heavy atom. The number of nitrogens with zero attached hydrogens (tertiary/aromatic N) is 3. The number of H-pyrrole nitrogens is 1. The van der Waals surface area contributed by atoms with Crippen LogP contribution in [0.2, 0.25) is 0 Å². The molecule has 0 saturated carbocycles. The molecule has 3 heterocycles. The van der Waals surface area contributed by atoms with Crippen molar-refractivity contribution in [3.05, 3.63) is 46.5 Å². The van der Waals surface area contributed by atoms with Crippen LogP contribution in [-0.2, 0) is 11.3 Å². The Morgan fingerprint density at radius 3 is 2.75 bits per heavy atom. The summed E-state index contributed by atoms with van der Waals surface area (Å²) in [6.45, 7) is -0.258. The summed E-state index contributed by atoms with van der Waals surface area (Å²) < 4.78 is 6.81. The first-order valence-corrected chi connectivity index (χ1v) is 8.59. The van der Waals surface area contributed by atoms with Gasteiger partial charge in [0.1, 0.15) is 24.1 Å². The average Bonchev–Trinajstić information content (AvgIpc) is 3.23. The molecule has 4 rings (SSSR count). The molecule has 1 fully saturated rings. The zero-order chi connectivity index (χ0) is 19.8. The van der Waals surface area contributed by atoms with Gasteiger partial charge in [-0.25, -0.2) is 4.98 Å². The molecule has 28 heavy (non-hydrogen) atoms. The normalized spacial score (nSPS) is 24.7. The van der Waals surface area contributed by atoms with E-state index in [0.717, 1.165) is 0 Å². The fraction of sp³-hybridized carbons (Fsp3) is 0.353. The second-order valence-corrected chi connectivity index (χ2v) is 6.45. The van der Waals surface area contributed by atoms with Gasteiger partial charge in [-0.3, -0.25) is 14.3 Å². The Bertz CT molecular complexity index is 1050. The fourth-order valence-corrected chi connectivity index (χ4v) is 3.15. The Balaban J connectivity index is 1.65. The van der Waals surface area contributed by atoms with Gasteiger partial charge in [-0.2, -0.15) is 4.98 Å². The number of phenolic OH excluding ortho intramolecular Hbond substituents is 1. The highest BCUT2D eigenvalue weighted by Gasteiger charge is 2.44. The highest BCUT2D eigenvalue weighted by atomic mass is 16.6. The maximum Gasteiger partial charge on any atom is 0.280 e. The third-order valence-electron chi connectivity index (χ3n) is 4.66. The van der Waals surface area contributed by atoms with Gasteiger partial charge in [-0.1, -0.05) is 18.2 Å². The number of para-hydroxylation sites is 1. The van der Waals surface area contributed by atoms with Crippen molar-refractivity contribution in [3.63, 3.8) is 0 Å². The number of hydrogen-bond donors (Lipinski definition) is 6. The summed E-state index contributed by atoms with van der Waals surface area (Å²) >= 11 is 0. The van der Waals surface area contributed by atoms with Gasteiger partial charge in [-0.15, -0.1) is 0 Å². The van der Waals surface area contributed by atoms with Crippen molar-refractivity contribution in [2.75, 3.05) is 11.9 Å². The number of ether oxygens (including phenoxy) is 1. The van der Waals surface area contributed by atoms with Gasteiger partial charge in [0.25, 0.3) is 5.56 Å². The first-order chi connectivity index (χ1) is 13.5. The molecule has 11 nitrogen and oxygen atoms in total. The van der Waals surface area contributed by atoms with E-state index in [1.54, 1.807) is 24.3 Å². The number of aromatic hydroxyl groups is 1. The number of imidazole rings is 1. The van der Waals surface area contributed by atoms with Crippen molar-refractivity contribution in [1.29, 1.82) is 0 Å². The maximum absolute atomic E-state index is 12.3. The quantitative estimate of drug-likeness (QED) is 0.322. The smallest absolute Gasteiger partial charge is 0.280 e. The van der Waals surface area contributed by atoms with Crippen LogP contribution in [0.15, 0.2) is 35.4 Å². The van der Waals surface area contributed by atoms with Gasteiger partial charge < -0.3 is 30.5 Å². The summed E-state index contributed by atoms with van der Waals surface area (Å²) in [5.74, 6) is 0.240. The van der Waals surface area contributed by atoms with E-state index < -0.39 is 36.7 Å². The second kappa shape index (κ2) is 7.20. The summed E-state index contributed by atoms with van der Waals surface area (Å²) in [6.07, 6.45) is -3.35. The maximum atomic E-state index is 12.3. The van der Waals surface area contributed by atoms with E-state index >= 15 is 0 Å². The Morgan fingerprint density at radius 1 is 1.25 bits per heavy atom. The Kier molecular flexibility index (Phi) is 4.73. The lowest BCUT2D eigenvalue weighted by Gasteiger charge is -2.16. The molecule has 1 saturated heterocycles. The van der Waals surface area contributed by atoms with E-state index in [9.17, 15) is 25.2 Å². The molecule has 6 N–H and O–H groups in total. The van der Waals surface area contributed by atoms with Crippen LogP contribution in [0.3, 0.4) is 0 Å². The summed E-state index contributed by atoms with van der Waals surface area (Å²) in [4.78, 5) is 23.2. The molecular formula is C17H19N5O6. The lowest BCUT2D eigenvalue weighted by molar-refractivity contribution is -0.0511. The molecule has 148 valence electrons. The minimum atomic E-state index is -1.33. The fourth-order valence-electron chi connectivity index (χ4n) is 3.15. The Hall–Kier alpha value is -2.99. The monoisotopic (exact) mass is 389 g/mol. The van der Waals surface area contributed by atoms with E-state index in [2.05, 4.69) is 20.3 Å². The van der Waals surface area contributed by atoms with Crippen molar-refractivity contribution < 1.29 is 25.2 Å². The van der Waals surface area contributed by atoms with Crippen LogP contribution in [0.4, 0.5) is 5.95 Å². The van der Waals surface area contributed by atoms with Crippen molar-refractivity contribution >= 4 is 17.1 Å². The number of rotatable bonds is 5. The summed E-state index contributed by atoms with van der Waals surface area (Å²) in [5.41, 5.74) is 0.279. The molecule has 0 unspecified atom stereocenters. The van der Waals surface area contributed by atoms with Crippen molar-refractivity contribution in [1.82, 2.24) is 19.5 Å². The van der Waals surface area contributed by atoms with Gasteiger partial charge in [0.2, 0.25) is 5.95 Å². The minimum absolute atomic E-state index is 0.0332. The first kappa shape index (κ1) is 18.4. The molecule has 11 heteroatoms. The molecule has 0 bridgehead atoms. The molecule has 0 amide bonds. The number of phenols is 1. The van der Waals surface area contributed by atoms with Gasteiger partial charge in [-0.05, 0) is 6.07 Å². The molecule has 1 aliphatic rings. The second-order valence-electron chi connectivity index (χ2n) is 6.45. The van der Waals surface area contributed by atoms with Crippen LogP contribution in [0.5, 0.6) is 5.75 Å². The number of aromatic amines is 1. The van der Waals surface area contributed by atoms with E-state index in [1.165, 1.54) is 10.9 Å². The van der Waals surface area contributed by atoms with Gasteiger partial charge in [0.15, 0.2) is 17.4 Å². The van der Waals surface area contributed by atoms with Gasteiger partial charge in [0.05, 0.1) is 12.9 Å². The van der Waals surface area contributed by atoms with Crippen molar-refractivity contribution in [3.8, 4) is 5.75 Å². The topological polar surface area (TPSA) is 166 Å². The van der Waals surface area contributed by atoms with E-state index in [4.69, 9.17) is 4.74 Å². The third-order valence-corrected chi connectivity index (χ3v) is 4.66. The lowest BCUT2D eigenvalue weighted by atomic mass is 10.1. The van der Waals surface area contributed by atoms with Crippen LogP contribution in [-0.4, -0.2) is 64.9 Å². The van der Waals surface area contributed by atoms with Crippen LogP contribution < -0.4 is 10.9 Å². The number of fused-ring (bicyclic) bond motifs is 1. The number of anilines is 1. The SMILES string of the molecule is O=c1[nH]c(NCc2ccccc2O)nc2c1ncn2[C@@H]1O[C@H](CO)[C@@H](O)[C@H]1O. The number of nitrogens with one attached hydrogen (secondary N) is 2. The zero-order valence-corrected chi connectivity index (χ0v) is 14.6. The standard InChI is InChI=1S/C17H19N5O6/c23-6-10-12(25)13(26)16(28-10)22-7-19-11-14(22)20-17(21-15(11)27)18-5-8-3-1-2-4-9(8)24/h1-4,7,10,12-13,16,23-26H,5-6H2,(H2,18,20,21,27)/t10-,12-,13-,16-/m1/s1. The highest BCUT2D eigenvalue weighted by molar-refractivity contribution is 5.71. The molecule has 0 radical (unpaired) electrons.